The highest BCUT2D eigenvalue weighted by atomic mass is 32.1. The normalized spacial score (nSPS) is 21.2. The number of ether oxygens (including phenoxy) is 1. The van der Waals surface area contributed by atoms with Gasteiger partial charge in [0.2, 0.25) is 0 Å². The van der Waals surface area contributed by atoms with Crippen LogP contribution < -0.4 is 5.32 Å². The predicted octanol–water partition coefficient (Wildman–Crippen LogP) is 2.53. The zero-order valence-electron chi connectivity index (χ0n) is 16.0. The lowest BCUT2D eigenvalue weighted by molar-refractivity contribution is -0.128. The highest BCUT2D eigenvalue weighted by Crippen LogP contribution is 2.22. The Kier molecular flexibility index (Phi) is 6.77. The van der Waals surface area contributed by atoms with Crippen molar-refractivity contribution in [2.75, 3.05) is 13.1 Å². The number of thiocarbonyl (C=S) groups is 1. The van der Waals surface area contributed by atoms with Crippen LogP contribution in [0.2, 0.25) is 0 Å². The molecule has 29 heavy (non-hydrogen) atoms. The van der Waals surface area contributed by atoms with Gasteiger partial charge in [-0.05, 0) is 43.1 Å². The van der Waals surface area contributed by atoms with E-state index in [1.54, 1.807) is 11.0 Å². The van der Waals surface area contributed by atoms with Crippen molar-refractivity contribution < 1.29 is 19.1 Å². The Hall–Kier alpha value is -3.00. The minimum absolute atomic E-state index is 0.0202. The van der Waals surface area contributed by atoms with Gasteiger partial charge < -0.3 is 9.64 Å². The third-order valence-electron chi connectivity index (χ3n) is 4.85. The van der Waals surface area contributed by atoms with Gasteiger partial charge in [-0.15, -0.1) is 6.58 Å². The summed E-state index contributed by atoms with van der Waals surface area (Å²) in [5.74, 6) is -1.04. The highest BCUT2D eigenvalue weighted by Gasteiger charge is 2.35. The molecular weight excluding hydrogens is 390 g/mol. The molecule has 1 N–H and O–H groups in total. The fraction of sp³-hybridized carbons (Fsp3) is 0.333. The van der Waals surface area contributed by atoms with Crippen molar-refractivity contribution >= 4 is 35.2 Å². The molecule has 1 unspecified atom stereocenters. The molecule has 7 nitrogen and oxygen atoms in total. The third-order valence-corrected chi connectivity index (χ3v) is 5.17. The number of benzene rings is 1. The molecule has 1 atom stereocenters. The Labute approximate surface area is 175 Å². The Balaban J connectivity index is 1.75. The van der Waals surface area contributed by atoms with Crippen molar-refractivity contribution in [2.24, 2.45) is 0 Å². The molecule has 0 aromatic heterocycles. The summed E-state index contributed by atoms with van der Waals surface area (Å²) in [6.45, 7) is 4.48. The molecule has 0 spiro atoms. The van der Waals surface area contributed by atoms with Crippen molar-refractivity contribution in [1.82, 2.24) is 15.1 Å². The lowest BCUT2D eigenvalue weighted by Crippen LogP contribution is -2.54. The topological polar surface area (TPSA) is 79.0 Å². The van der Waals surface area contributed by atoms with E-state index in [9.17, 15) is 14.4 Å². The summed E-state index contributed by atoms with van der Waals surface area (Å²) in [6.07, 6.45) is 5.01. The van der Waals surface area contributed by atoms with E-state index in [1.165, 1.54) is 11.0 Å². The smallest absolute Gasteiger partial charge is 0.410 e. The van der Waals surface area contributed by atoms with E-state index in [1.807, 2.05) is 30.3 Å². The van der Waals surface area contributed by atoms with Gasteiger partial charge in [-0.25, -0.2) is 4.79 Å². The van der Waals surface area contributed by atoms with Crippen molar-refractivity contribution in [3.05, 3.63) is 60.2 Å². The van der Waals surface area contributed by atoms with E-state index >= 15 is 0 Å². The number of amides is 3. The quantitative estimate of drug-likeness (QED) is 0.347. The second-order valence-electron chi connectivity index (χ2n) is 6.84. The van der Waals surface area contributed by atoms with Gasteiger partial charge in [0.15, 0.2) is 5.11 Å². The second-order valence-corrected chi connectivity index (χ2v) is 7.23. The van der Waals surface area contributed by atoms with E-state index in [2.05, 4.69) is 11.9 Å². The molecule has 152 valence electrons. The van der Waals surface area contributed by atoms with E-state index < -0.39 is 23.9 Å². The summed E-state index contributed by atoms with van der Waals surface area (Å²) in [5, 5.41) is 2.58. The van der Waals surface area contributed by atoms with Crippen molar-refractivity contribution in [2.45, 2.75) is 31.9 Å². The lowest BCUT2D eigenvalue weighted by Gasteiger charge is -2.34. The molecule has 1 aromatic rings. The number of likely N-dealkylation sites (tertiary alicyclic amines) is 1. The minimum Gasteiger partial charge on any atom is -0.445 e. The number of hydrogen-bond acceptors (Lipinski definition) is 5. The van der Waals surface area contributed by atoms with Gasteiger partial charge in [-0.3, -0.25) is 19.8 Å². The first kappa shape index (κ1) is 20.7. The summed E-state index contributed by atoms with van der Waals surface area (Å²) in [5.41, 5.74) is 0.872. The van der Waals surface area contributed by atoms with Crippen LogP contribution in [0.4, 0.5) is 4.79 Å². The zero-order chi connectivity index (χ0) is 20.8. The average Bonchev–Trinajstić information content (AvgIpc) is 2.73. The Morgan fingerprint density at radius 1 is 1.28 bits per heavy atom. The van der Waals surface area contributed by atoms with Crippen LogP contribution in [0.5, 0.6) is 0 Å². The van der Waals surface area contributed by atoms with Crippen molar-refractivity contribution in [3.8, 4) is 0 Å². The molecule has 0 aliphatic carbocycles. The van der Waals surface area contributed by atoms with E-state index in [0.717, 1.165) is 18.4 Å². The highest BCUT2D eigenvalue weighted by molar-refractivity contribution is 7.80. The van der Waals surface area contributed by atoms with E-state index in [0.29, 0.717) is 13.0 Å². The molecule has 8 heteroatoms. The maximum absolute atomic E-state index is 12.7. The molecule has 2 aliphatic rings. The summed E-state index contributed by atoms with van der Waals surface area (Å²) in [7, 11) is 0. The van der Waals surface area contributed by atoms with E-state index in [-0.39, 0.29) is 23.8 Å². The van der Waals surface area contributed by atoms with Crippen LogP contribution in [0, 0.1) is 0 Å². The van der Waals surface area contributed by atoms with Crippen LogP contribution in [0.25, 0.3) is 0 Å². The lowest BCUT2D eigenvalue weighted by atomic mass is 9.99. The zero-order valence-corrected chi connectivity index (χ0v) is 16.8. The van der Waals surface area contributed by atoms with Gasteiger partial charge in [-0.2, -0.15) is 0 Å². The third kappa shape index (κ3) is 4.89. The van der Waals surface area contributed by atoms with Crippen molar-refractivity contribution in [3.63, 3.8) is 0 Å². The van der Waals surface area contributed by atoms with Gasteiger partial charge in [-0.1, -0.05) is 36.4 Å². The summed E-state index contributed by atoms with van der Waals surface area (Å²) in [6, 6.07) is 9.02. The maximum atomic E-state index is 12.7. The summed E-state index contributed by atoms with van der Waals surface area (Å²) < 4.78 is 5.45. The largest absolute Gasteiger partial charge is 0.445 e. The Morgan fingerprint density at radius 3 is 2.76 bits per heavy atom. The van der Waals surface area contributed by atoms with E-state index in [4.69, 9.17) is 17.0 Å². The second kappa shape index (κ2) is 9.47. The fourth-order valence-electron chi connectivity index (χ4n) is 3.36. The molecule has 2 heterocycles. The average molecular weight is 413 g/mol. The molecule has 0 bridgehead atoms. The number of carbonyl (C=O) groups is 3. The first-order valence-corrected chi connectivity index (χ1v) is 9.89. The van der Waals surface area contributed by atoms with Gasteiger partial charge in [0.25, 0.3) is 11.8 Å². The molecule has 2 aliphatic heterocycles. The van der Waals surface area contributed by atoms with Crippen LogP contribution in [-0.2, 0) is 20.9 Å². The van der Waals surface area contributed by atoms with Crippen LogP contribution in [0.1, 0.15) is 24.8 Å². The predicted molar refractivity (Wildman–Crippen MR) is 112 cm³/mol. The Bertz CT molecular complexity index is 853. The van der Waals surface area contributed by atoms with Gasteiger partial charge in [0.05, 0.1) is 6.04 Å². The molecular formula is C21H23N3O4S. The van der Waals surface area contributed by atoms with Crippen LogP contribution in [-0.4, -0.2) is 52.0 Å². The molecule has 2 fully saturated rings. The van der Waals surface area contributed by atoms with Gasteiger partial charge >= 0.3 is 6.09 Å². The van der Waals surface area contributed by atoms with Gasteiger partial charge in [0.1, 0.15) is 12.2 Å². The molecule has 0 saturated carbocycles. The molecule has 3 rings (SSSR count). The number of hydrogen-bond donors (Lipinski definition) is 1. The number of carbonyl (C=O) groups excluding carboxylic acids is 3. The Morgan fingerprint density at radius 2 is 2.03 bits per heavy atom. The molecule has 2 saturated heterocycles. The monoisotopic (exact) mass is 413 g/mol. The number of rotatable bonds is 5. The standard InChI is InChI=1S/C21H23N3O4S/c1-2-11-24-19(26)17(18(25)22-20(24)29)13-16-10-6-7-12-23(16)21(27)28-14-15-8-4-3-5-9-15/h2-5,8-9,13,16H,1,6-7,10-12,14H2,(H,22,25,29)/b17-13+. The van der Waals surface area contributed by atoms with Crippen molar-refractivity contribution in [1.29, 1.82) is 0 Å². The maximum Gasteiger partial charge on any atom is 0.410 e. The fourth-order valence-corrected chi connectivity index (χ4v) is 3.61. The first-order chi connectivity index (χ1) is 14.0. The van der Waals surface area contributed by atoms with Crippen LogP contribution in [0.15, 0.2) is 54.6 Å². The first-order valence-electron chi connectivity index (χ1n) is 9.48. The van der Waals surface area contributed by atoms with Crippen LogP contribution >= 0.6 is 12.2 Å². The van der Waals surface area contributed by atoms with Crippen LogP contribution in [0.3, 0.4) is 0 Å². The minimum atomic E-state index is -0.552. The number of nitrogens with one attached hydrogen (secondary N) is 1. The summed E-state index contributed by atoms with van der Waals surface area (Å²) >= 11 is 5.06. The van der Waals surface area contributed by atoms with Gasteiger partial charge in [0, 0.05) is 13.1 Å². The SMILES string of the molecule is C=CCN1C(=O)/C(=C/C2CCCCN2C(=O)OCc2ccccc2)C(=O)NC1=S. The molecule has 1 aromatic carbocycles. The number of nitrogens with zero attached hydrogens (tertiary/aromatic N) is 2. The number of piperidine rings is 1. The molecule has 0 radical (unpaired) electrons. The summed E-state index contributed by atoms with van der Waals surface area (Å²) in [4.78, 5) is 40.6. The molecule has 3 amide bonds.